The Morgan fingerprint density at radius 1 is 1.17 bits per heavy atom. The molecule has 29 heavy (non-hydrogen) atoms. The Morgan fingerprint density at radius 3 is 2.45 bits per heavy atom. The largest absolute Gasteiger partial charge is 0.379 e. The fraction of sp³-hybridized carbons (Fsp3) is 0.381. The molecule has 8 nitrogen and oxygen atoms in total. The van der Waals surface area contributed by atoms with Crippen LogP contribution in [0.5, 0.6) is 0 Å². The van der Waals surface area contributed by atoms with Crippen LogP contribution in [0.1, 0.15) is 22.0 Å². The van der Waals surface area contributed by atoms with Crippen molar-refractivity contribution >= 4 is 17.3 Å². The Hall–Kier alpha value is -2.97. The van der Waals surface area contributed by atoms with Gasteiger partial charge in [-0.15, -0.1) is 0 Å². The van der Waals surface area contributed by atoms with E-state index in [2.05, 4.69) is 22.3 Å². The fourth-order valence-corrected chi connectivity index (χ4v) is 3.45. The number of carbonyl (C=O) groups is 1. The van der Waals surface area contributed by atoms with Crippen LogP contribution in [0.2, 0.25) is 0 Å². The van der Waals surface area contributed by atoms with Crippen molar-refractivity contribution in [3.05, 3.63) is 69.8 Å². The quantitative estimate of drug-likeness (QED) is 0.569. The summed E-state index contributed by atoms with van der Waals surface area (Å²) < 4.78 is 5.46. The van der Waals surface area contributed by atoms with Gasteiger partial charge in [0.25, 0.3) is 11.6 Å². The summed E-state index contributed by atoms with van der Waals surface area (Å²) in [6.45, 7) is 3.17. The molecule has 154 valence electrons. The number of carbonyl (C=O) groups excluding carboxylic acids is 1. The van der Waals surface area contributed by atoms with Crippen LogP contribution >= 0.6 is 0 Å². The van der Waals surface area contributed by atoms with Crippen molar-refractivity contribution in [2.75, 3.05) is 51.8 Å². The molecule has 1 aliphatic rings. The van der Waals surface area contributed by atoms with Crippen LogP contribution in [0, 0.1) is 10.1 Å². The molecule has 1 amide bonds. The molecular weight excluding hydrogens is 372 g/mol. The molecule has 3 rings (SSSR count). The van der Waals surface area contributed by atoms with Crippen molar-refractivity contribution in [3.8, 4) is 0 Å². The highest BCUT2D eigenvalue weighted by Gasteiger charge is 2.25. The van der Waals surface area contributed by atoms with E-state index in [1.165, 1.54) is 12.1 Å². The van der Waals surface area contributed by atoms with Gasteiger partial charge in [-0.25, -0.2) is 0 Å². The van der Waals surface area contributed by atoms with E-state index in [9.17, 15) is 14.9 Å². The second-order valence-electron chi connectivity index (χ2n) is 7.13. The van der Waals surface area contributed by atoms with E-state index < -0.39 is 10.8 Å². The molecule has 0 aliphatic carbocycles. The van der Waals surface area contributed by atoms with Crippen LogP contribution in [0.25, 0.3) is 0 Å². The highest BCUT2D eigenvalue weighted by molar-refractivity contribution is 5.98. The first kappa shape index (κ1) is 20.8. The first-order valence-corrected chi connectivity index (χ1v) is 9.58. The third-order valence-corrected chi connectivity index (χ3v) is 5.08. The molecule has 8 heteroatoms. The van der Waals surface area contributed by atoms with Crippen LogP contribution in [-0.4, -0.2) is 62.7 Å². The highest BCUT2D eigenvalue weighted by Crippen LogP contribution is 2.24. The Balaban J connectivity index is 1.78. The summed E-state index contributed by atoms with van der Waals surface area (Å²) in [5, 5.41) is 14.1. The van der Waals surface area contributed by atoms with E-state index in [0.717, 1.165) is 24.3 Å². The second kappa shape index (κ2) is 9.49. The average Bonchev–Trinajstić information content (AvgIpc) is 2.74. The molecule has 1 heterocycles. The summed E-state index contributed by atoms with van der Waals surface area (Å²) in [6.07, 6.45) is 0. The summed E-state index contributed by atoms with van der Waals surface area (Å²) in [4.78, 5) is 27.7. The molecule has 1 fully saturated rings. The zero-order valence-corrected chi connectivity index (χ0v) is 16.7. The second-order valence-corrected chi connectivity index (χ2v) is 7.13. The topological polar surface area (TPSA) is 88.0 Å². The lowest BCUT2D eigenvalue weighted by Crippen LogP contribution is -2.43. The molecule has 2 aromatic carbocycles. The number of nitro benzene ring substituents is 1. The van der Waals surface area contributed by atoms with Gasteiger partial charge in [0, 0.05) is 45.5 Å². The number of hydrogen-bond acceptors (Lipinski definition) is 6. The van der Waals surface area contributed by atoms with Gasteiger partial charge in [-0.05, 0) is 23.8 Å². The standard InChI is InChI=1S/C21H26N4O4/c1-23(2)17-9-7-16(8-10-17)20(24-11-13-29-14-12-24)15-22-21(26)18-5-3-4-6-19(18)25(27)28/h3-10,20H,11-15H2,1-2H3,(H,22,26)/t20-/m1/s1. The Bertz CT molecular complexity index is 848. The maximum Gasteiger partial charge on any atom is 0.282 e. The average molecular weight is 398 g/mol. The molecule has 0 radical (unpaired) electrons. The molecule has 1 saturated heterocycles. The van der Waals surface area contributed by atoms with Gasteiger partial charge in [-0.3, -0.25) is 19.8 Å². The minimum atomic E-state index is -0.533. The van der Waals surface area contributed by atoms with Gasteiger partial charge >= 0.3 is 0 Å². The molecule has 0 saturated carbocycles. The Labute approximate surface area is 170 Å². The monoisotopic (exact) mass is 398 g/mol. The molecule has 1 N–H and O–H groups in total. The number of amides is 1. The SMILES string of the molecule is CN(C)c1ccc([C@@H](CNC(=O)c2ccccc2[N+](=O)[O-])N2CCOCC2)cc1. The smallest absolute Gasteiger partial charge is 0.282 e. The fourth-order valence-electron chi connectivity index (χ4n) is 3.45. The van der Waals surface area contributed by atoms with Gasteiger partial charge in [0.15, 0.2) is 0 Å². The summed E-state index contributed by atoms with van der Waals surface area (Å²) in [6, 6.07) is 14.2. The maximum absolute atomic E-state index is 12.7. The van der Waals surface area contributed by atoms with Crippen molar-refractivity contribution in [3.63, 3.8) is 0 Å². The predicted molar refractivity (Wildman–Crippen MR) is 111 cm³/mol. The number of morpholine rings is 1. The predicted octanol–water partition coefficient (Wildman–Crippen LogP) is 2.46. The highest BCUT2D eigenvalue weighted by atomic mass is 16.6. The zero-order chi connectivity index (χ0) is 20.8. The first-order valence-electron chi connectivity index (χ1n) is 9.58. The van der Waals surface area contributed by atoms with Crippen LogP contribution < -0.4 is 10.2 Å². The van der Waals surface area contributed by atoms with Gasteiger partial charge in [0.2, 0.25) is 0 Å². The van der Waals surface area contributed by atoms with Crippen LogP contribution in [0.4, 0.5) is 11.4 Å². The Morgan fingerprint density at radius 2 is 1.83 bits per heavy atom. The molecule has 1 atom stereocenters. The van der Waals surface area contributed by atoms with E-state index in [4.69, 9.17) is 4.74 Å². The van der Waals surface area contributed by atoms with Crippen molar-refractivity contribution in [2.24, 2.45) is 0 Å². The molecule has 2 aromatic rings. The first-order chi connectivity index (χ1) is 14.0. The van der Waals surface area contributed by atoms with E-state index in [-0.39, 0.29) is 17.3 Å². The van der Waals surface area contributed by atoms with E-state index in [0.29, 0.717) is 19.8 Å². The summed E-state index contributed by atoms with van der Waals surface area (Å²) in [7, 11) is 3.98. The third-order valence-electron chi connectivity index (χ3n) is 5.08. The van der Waals surface area contributed by atoms with Crippen molar-refractivity contribution in [2.45, 2.75) is 6.04 Å². The van der Waals surface area contributed by atoms with Gasteiger partial charge in [-0.2, -0.15) is 0 Å². The number of nitrogens with one attached hydrogen (secondary N) is 1. The third kappa shape index (κ3) is 5.10. The zero-order valence-electron chi connectivity index (χ0n) is 16.7. The molecule has 0 aromatic heterocycles. The van der Waals surface area contributed by atoms with E-state index >= 15 is 0 Å². The molecule has 1 aliphatic heterocycles. The maximum atomic E-state index is 12.7. The van der Waals surface area contributed by atoms with Gasteiger partial charge in [0.1, 0.15) is 5.56 Å². The minimum Gasteiger partial charge on any atom is -0.379 e. The van der Waals surface area contributed by atoms with Crippen LogP contribution in [0.3, 0.4) is 0 Å². The van der Waals surface area contributed by atoms with Crippen molar-refractivity contribution < 1.29 is 14.5 Å². The number of rotatable bonds is 7. The number of nitro groups is 1. The van der Waals surface area contributed by atoms with Crippen molar-refractivity contribution in [1.29, 1.82) is 0 Å². The number of benzene rings is 2. The van der Waals surface area contributed by atoms with Gasteiger partial charge in [-0.1, -0.05) is 24.3 Å². The van der Waals surface area contributed by atoms with Crippen LogP contribution in [-0.2, 0) is 4.74 Å². The number of hydrogen-bond donors (Lipinski definition) is 1. The van der Waals surface area contributed by atoms with Crippen molar-refractivity contribution in [1.82, 2.24) is 10.2 Å². The molecule has 0 bridgehead atoms. The summed E-state index contributed by atoms with van der Waals surface area (Å²) >= 11 is 0. The molecular formula is C21H26N4O4. The summed E-state index contributed by atoms with van der Waals surface area (Å²) in [5.74, 6) is -0.444. The van der Waals surface area contributed by atoms with E-state index in [1.807, 2.05) is 31.1 Å². The van der Waals surface area contributed by atoms with Gasteiger partial charge < -0.3 is 15.0 Å². The van der Waals surface area contributed by atoms with Gasteiger partial charge in [0.05, 0.1) is 24.2 Å². The lowest BCUT2D eigenvalue weighted by atomic mass is 10.0. The molecule has 0 unspecified atom stereocenters. The Kier molecular flexibility index (Phi) is 6.79. The number of para-hydroxylation sites is 1. The van der Waals surface area contributed by atoms with E-state index in [1.54, 1.807) is 12.1 Å². The number of anilines is 1. The van der Waals surface area contributed by atoms with Crippen LogP contribution in [0.15, 0.2) is 48.5 Å². The molecule has 0 spiro atoms. The lowest BCUT2D eigenvalue weighted by Gasteiger charge is -2.35. The lowest BCUT2D eigenvalue weighted by molar-refractivity contribution is -0.385. The number of nitrogens with zero attached hydrogens (tertiary/aromatic N) is 3. The summed E-state index contributed by atoms with van der Waals surface area (Å²) in [5.41, 5.74) is 2.06. The number of ether oxygens (including phenoxy) is 1. The normalized spacial score (nSPS) is 15.5. The minimum absolute atomic E-state index is 0.0400.